The second-order valence-electron chi connectivity index (χ2n) is 12.5. The fraction of sp³-hybridized carbons (Fsp3) is 0.368. The van der Waals surface area contributed by atoms with Crippen LogP contribution in [-0.2, 0) is 19.7 Å². The van der Waals surface area contributed by atoms with Gasteiger partial charge in [0.15, 0.2) is 0 Å². The van der Waals surface area contributed by atoms with Gasteiger partial charge in [0.05, 0.1) is 35.4 Å². The number of hydrogen-bond acceptors (Lipinski definition) is 8. The lowest BCUT2D eigenvalue weighted by Gasteiger charge is -2.43. The Hall–Kier alpha value is -4.84. The summed E-state index contributed by atoms with van der Waals surface area (Å²) in [6, 6.07) is 27.8. The van der Waals surface area contributed by atoms with Crippen LogP contribution < -0.4 is 16.4 Å². The van der Waals surface area contributed by atoms with Crippen LogP contribution in [0.15, 0.2) is 108 Å². The molecule has 1 unspecified atom stereocenters. The van der Waals surface area contributed by atoms with Gasteiger partial charge in [-0.2, -0.15) is 0 Å². The van der Waals surface area contributed by atoms with Crippen LogP contribution in [0.5, 0.6) is 0 Å². The van der Waals surface area contributed by atoms with Crippen molar-refractivity contribution in [3.8, 4) is 0 Å². The van der Waals surface area contributed by atoms with Crippen molar-refractivity contribution in [2.24, 2.45) is 5.73 Å². The van der Waals surface area contributed by atoms with E-state index in [0.717, 1.165) is 51.0 Å². The number of nitrogens with zero attached hydrogens (tertiary/aromatic N) is 3. The number of hydrogen-bond donors (Lipinski definition) is 3. The van der Waals surface area contributed by atoms with E-state index in [2.05, 4.69) is 76.2 Å². The molecule has 2 heterocycles. The zero-order chi connectivity index (χ0) is 34.6. The topological polar surface area (TPSA) is 143 Å². The van der Waals surface area contributed by atoms with Gasteiger partial charge >= 0.3 is 0 Å². The summed E-state index contributed by atoms with van der Waals surface area (Å²) in [5.41, 5.74) is 11.7. The Balaban J connectivity index is 1.36. The number of nitro groups is 1. The van der Waals surface area contributed by atoms with E-state index in [-0.39, 0.29) is 11.1 Å². The molecule has 2 aliphatic rings. The van der Waals surface area contributed by atoms with Crippen LogP contribution in [0.1, 0.15) is 55.2 Å². The van der Waals surface area contributed by atoms with Crippen molar-refractivity contribution >= 4 is 18.5 Å². The first-order valence-corrected chi connectivity index (χ1v) is 16.9. The number of rotatable bonds is 17. The summed E-state index contributed by atoms with van der Waals surface area (Å²) >= 11 is 0. The number of nitro benzene ring substituents is 1. The van der Waals surface area contributed by atoms with Crippen LogP contribution in [0.3, 0.4) is 0 Å². The van der Waals surface area contributed by atoms with E-state index in [0.29, 0.717) is 61.8 Å². The lowest BCUT2D eigenvalue weighted by atomic mass is 9.68. The Morgan fingerprint density at radius 3 is 2.18 bits per heavy atom. The maximum absolute atomic E-state index is 12.9. The van der Waals surface area contributed by atoms with Crippen molar-refractivity contribution in [1.82, 2.24) is 20.4 Å². The standard InChI is InChI=1S/C38H46N6O5/c1-29-36(40-27-45)35(30-13-15-33(16-14-30)44(47)48)37(34(41-29)17-25-49-26-20-39)43(28-46)22-8-21-42-23-18-38(19-24-42,31-9-4-2-5-10-31)32-11-6-3-7-12-32/h2-7,9-16,27-28,35,41H,8,17-26,39H2,1H3,(H,40,45). The molecule has 5 rings (SSSR count). The van der Waals surface area contributed by atoms with Gasteiger partial charge in [-0.05, 0) is 62.5 Å². The molecular weight excluding hydrogens is 620 g/mol. The molecule has 0 bridgehead atoms. The molecule has 1 saturated heterocycles. The van der Waals surface area contributed by atoms with Crippen LogP contribution in [0.4, 0.5) is 5.69 Å². The summed E-state index contributed by atoms with van der Waals surface area (Å²) in [6.07, 6.45) is 4.64. The van der Waals surface area contributed by atoms with Crippen LogP contribution in [0.25, 0.3) is 0 Å². The monoisotopic (exact) mass is 666 g/mol. The highest BCUT2D eigenvalue weighted by Gasteiger charge is 2.38. The number of likely N-dealkylation sites (tertiary alicyclic amines) is 1. The van der Waals surface area contributed by atoms with E-state index in [1.165, 1.54) is 23.3 Å². The summed E-state index contributed by atoms with van der Waals surface area (Å²) in [6.45, 7) is 6.16. The molecule has 0 aliphatic carbocycles. The number of nitrogens with one attached hydrogen (secondary N) is 2. The molecule has 0 radical (unpaired) electrons. The molecule has 2 aliphatic heterocycles. The highest BCUT2D eigenvalue weighted by atomic mass is 16.6. The molecule has 3 aromatic rings. The van der Waals surface area contributed by atoms with Crippen LogP contribution >= 0.6 is 0 Å². The van der Waals surface area contributed by atoms with E-state index in [9.17, 15) is 19.7 Å². The molecule has 0 spiro atoms. The fourth-order valence-corrected chi connectivity index (χ4v) is 7.25. The minimum Gasteiger partial charge on any atom is -0.380 e. The lowest BCUT2D eigenvalue weighted by Crippen LogP contribution is -2.44. The number of amides is 2. The highest BCUT2D eigenvalue weighted by Crippen LogP contribution is 2.42. The Morgan fingerprint density at radius 1 is 1.00 bits per heavy atom. The molecule has 1 fully saturated rings. The molecule has 11 heteroatoms. The third kappa shape index (κ3) is 8.25. The number of piperidine rings is 1. The molecule has 4 N–H and O–H groups in total. The van der Waals surface area contributed by atoms with Crippen molar-refractivity contribution in [2.45, 2.75) is 43.9 Å². The third-order valence-electron chi connectivity index (χ3n) is 9.70. The number of dihydropyridines is 1. The van der Waals surface area contributed by atoms with E-state index in [4.69, 9.17) is 10.5 Å². The van der Waals surface area contributed by atoms with Gasteiger partial charge in [-0.15, -0.1) is 0 Å². The van der Waals surface area contributed by atoms with Gasteiger partial charge in [0, 0.05) is 48.5 Å². The van der Waals surface area contributed by atoms with E-state index < -0.39 is 10.8 Å². The maximum atomic E-state index is 12.9. The molecule has 11 nitrogen and oxygen atoms in total. The fourth-order valence-electron chi connectivity index (χ4n) is 7.25. The Morgan fingerprint density at radius 2 is 1.63 bits per heavy atom. The van der Waals surface area contributed by atoms with Crippen LogP contribution in [-0.4, -0.2) is 73.5 Å². The van der Waals surface area contributed by atoms with E-state index in [1.54, 1.807) is 17.0 Å². The Labute approximate surface area is 288 Å². The molecule has 3 aromatic carbocycles. The van der Waals surface area contributed by atoms with Gasteiger partial charge < -0.3 is 30.9 Å². The van der Waals surface area contributed by atoms with E-state index in [1.807, 2.05) is 6.92 Å². The van der Waals surface area contributed by atoms with Crippen molar-refractivity contribution in [3.05, 3.63) is 135 Å². The van der Waals surface area contributed by atoms with Crippen molar-refractivity contribution in [2.75, 3.05) is 45.9 Å². The summed E-state index contributed by atoms with van der Waals surface area (Å²) in [5.74, 6) is -0.547. The molecule has 0 aromatic heterocycles. The largest absolute Gasteiger partial charge is 0.380 e. The van der Waals surface area contributed by atoms with Gasteiger partial charge in [0.2, 0.25) is 12.8 Å². The van der Waals surface area contributed by atoms with Crippen molar-refractivity contribution in [3.63, 3.8) is 0 Å². The number of benzene rings is 3. The summed E-state index contributed by atoms with van der Waals surface area (Å²) < 4.78 is 5.71. The maximum Gasteiger partial charge on any atom is 0.269 e. The van der Waals surface area contributed by atoms with Crippen LogP contribution in [0, 0.1) is 10.1 Å². The van der Waals surface area contributed by atoms with Gasteiger partial charge in [-0.1, -0.05) is 72.8 Å². The number of carbonyl (C=O) groups excluding carboxylic acids is 2. The Kier molecular flexibility index (Phi) is 12.3. The van der Waals surface area contributed by atoms with Crippen molar-refractivity contribution < 1.29 is 19.2 Å². The van der Waals surface area contributed by atoms with Gasteiger partial charge in [-0.25, -0.2) is 0 Å². The number of nitrogens with two attached hydrogens (primary N) is 1. The van der Waals surface area contributed by atoms with Gasteiger partial charge in [-0.3, -0.25) is 19.7 Å². The van der Waals surface area contributed by atoms with Gasteiger partial charge in [0.25, 0.3) is 5.69 Å². The first-order chi connectivity index (χ1) is 23.9. The predicted molar refractivity (Wildman–Crippen MR) is 189 cm³/mol. The number of non-ortho nitro benzene ring substituents is 1. The minimum atomic E-state index is -0.547. The average Bonchev–Trinajstić information content (AvgIpc) is 3.14. The Bertz CT molecular complexity index is 1580. The second-order valence-corrected chi connectivity index (χ2v) is 12.5. The highest BCUT2D eigenvalue weighted by molar-refractivity contribution is 5.60. The molecule has 1 atom stereocenters. The predicted octanol–water partition coefficient (Wildman–Crippen LogP) is 4.77. The summed E-state index contributed by atoms with van der Waals surface area (Å²) in [5, 5.41) is 17.7. The van der Waals surface area contributed by atoms with Gasteiger partial charge in [0.1, 0.15) is 0 Å². The lowest BCUT2D eigenvalue weighted by molar-refractivity contribution is -0.384. The van der Waals surface area contributed by atoms with E-state index >= 15 is 0 Å². The normalized spacial score (nSPS) is 17.7. The summed E-state index contributed by atoms with van der Waals surface area (Å²) in [7, 11) is 0. The zero-order valence-corrected chi connectivity index (χ0v) is 28.1. The van der Waals surface area contributed by atoms with Crippen molar-refractivity contribution in [1.29, 1.82) is 0 Å². The molecule has 0 saturated carbocycles. The number of carbonyl (C=O) groups is 2. The first-order valence-electron chi connectivity index (χ1n) is 16.9. The number of ether oxygens (including phenoxy) is 1. The SMILES string of the molecule is CC1=C(NC=O)C(c2ccc([N+](=O)[O-])cc2)C(N(C=O)CCCN2CCC(c3ccccc3)(c3ccccc3)CC2)=C(CCOCCN)N1. The molecule has 49 heavy (non-hydrogen) atoms. The third-order valence-corrected chi connectivity index (χ3v) is 9.70. The quantitative estimate of drug-likeness (QED) is 0.0810. The zero-order valence-electron chi connectivity index (χ0n) is 28.1. The second kappa shape index (κ2) is 17.0. The smallest absolute Gasteiger partial charge is 0.269 e. The summed E-state index contributed by atoms with van der Waals surface area (Å²) in [4.78, 5) is 39.8. The average molecular weight is 667 g/mol. The minimum absolute atomic E-state index is 0.0402. The molecular formula is C38H46N6O5. The molecule has 2 amide bonds. The van der Waals surface area contributed by atoms with Crippen LogP contribution in [0.2, 0.25) is 0 Å². The molecule has 258 valence electrons. The first kappa shape index (κ1) is 35.5. The number of allylic oxidation sites excluding steroid dienone is 1.